The first-order valence-corrected chi connectivity index (χ1v) is 7.53. The van der Waals surface area contributed by atoms with Gasteiger partial charge in [-0.15, -0.1) is 0 Å². The number of hydrogen-bond acceptors (Lipinski definition) is 6. The van der Waals surface area contributed by atoms with E-state index in [1.807, 2.05) is 24.3 Å². The Labute approximate surface area is 129 Å². The second-order valence-corrected chi connectivity index (χ2v) is 5.15. The molecule has 0 fully saturated rings. The van der Waals surface area contributed by atoms with E-state index in [9.17, 15) is 10.1 Å². The quantitative estimate of drug-likeness (QED) is 0.590. The Bertz CT molecular complexity index is 910. The zero-order chi connectivity index (χ0) is 15.5. The highest BCUT2D eigenvalue weighted by molar-refractivity contribution is 7.98. The molecule has 22 heavy (non-hydrogen) atoms. The summed E-state index contributed by atoms with van der Waals surface area (Å²) in [5.74, 6) is 0.607. The average molecular weight is 310 g/mol. The highest BCUT2D eigenvalue weighted by Crippen LogP contribution is 2.26. The van der Waals surface area contributed by atoms with Crippen LogP contribution in [0.2, 0.25) is 0 Å². The SMILES string of the molecule is CSc1nc(-c2cccc(-c3cnco3)c2)c(C#N)c(=O)[nH]1. The Morgan fingerprint density at radius 3 is 2.86 bits per heavy atom. The molecule has 0 aliphatic heterocycles. The first-order chi connectivity index (χ1) is 10.7. The van der Waals surface area contributed by atoms with Crippen molar-refractivity contribution in [1.29, 1.82) is 5.26 Å². The molecule has 3 aromatic rings. The summed E-state index contributed by atoms with van der Waals surface area (Å²) >= 11 is 1.31. The van der Waals surface area contributed by atoms with Gasteiger partial charge in [0.1, 0.15) is 11.6 Å². The summed E-state index contributed by atoms with van der Waals surface area (Å²) in [5.41, 5.74) is 1.38. The number of oxazole rings is 1. The summed E-state index contributed by atoms with van der Waals surface area (Å²) in [4.78, 5) is 22.8. The number of rotatable bonds is 3. The number of nitrogens with zero attached hydrogens (tertiary/aromatic N) is 3. The van der Waals surface area contributed by atoms with Crippen molar-refractivity contribution in [3.05, 3.63) is 52.8 Å². The van der Waals surface area contributed by atoms with Gasteiger partial charge in [-0.25, -0.2) is 9.97 Å². The Kier molecular flexibility index (Phi) is 3.76. The van der Waals surface area contributed by atoms with E-state index in [2.05, 4.69) is 15.0 Å². The van der Waals surface area contributed by atoms with Gasteiger partial charge in [-0.3, -0.25) is 4.79 Å². The van der Waals surface area contributed by atoms with Crippen LogP contribution in [0.25, 0.3) is 22.6 Å². The van der Waals surface area contributed by atoms with Gasteiger partial charge in [-0.1, -0.05) is 30.0 Å². The van der Waals surface area contributed by atoms with E-state index in [-0.39, 0.29) is 5.56 Å². The number of benzene rings is 1. The van der Waals surface area contributed by atoms with E-state index in [0.717, 1.165) is 5.56 Å². The van der Waals surface area contributed by atoms with Crippen LogP contribution in [0.5, 0.6) is 0 Å². The number of aromatic amines is 1. The van der Waals surface area contributed by atoms with E-state index in [1.165, 1.54) is 18.2 Å². The molecule has 0 spiro atoms. The van der Waals surface area contributed by atoms with Crippen LogP contribution in [0.1, 0.15) is 5.56 Å². The molecule has 1 aromatic carbocycles. The molecule has 0 amide bonds. The van der Waals surface area contributed by atoms with Gasteiger partial charge < -0.3 is 9.40 Å². The predicted octanol–water partition coefficient (Wildman–Crippen LogP) is 2.69. The van der Waals surface area contributed by atoms with Gasteiger partial charge in [-0.05, 0) is 12.3 Å². The lowest BCUT2D eigenvalue weighted by molar-refractivity contribution is 0.572. The molecular formula is C15H10N4O2S. The molecule has 0 atom stereocenters. The minimum absolute atomic E-state index is 0.00693. The zero-order valence-corrected chi connectivity index (χ0v) is 12.3. The van der Waals surface area contributed by atoms with E-state index in [1.54, 1.807) is 18.5 Å². The second-order valence-electron chi connectivity index (χ2n) is 4.36. The number of nitriles is 1. The van der Waals surface area contributed by atoms with Gasteiger partial charge in [0.15, 0.2) is 17.3 Å². The van der Waals surface area contributed by atoms with Gasteiger partial charge in [0.25, 0.3) is 5.56 Å². The predicted molar refractivity (Wildman–Crippen MR) is 82.3 cm³/mol. The lowest BCUT2D eigenvalue weighted by Crippen LogP contribution is -2.14. The summed E-state index contributed by atoms with van der Waals surface area (Å²) < 4.78 is 5.27. The standard InChI is InChI=1S/C15H10N4O2S/c1-22-15-18-13(11(6-16)14(20)19-15)10-4-2-3-9(5-10)12-7-17-8-21-12/h2-5,7-8H,1H3,(H,18,19,20). The third-order valence-electron chi connectivity index (χ3n) is 3.06. The Balaban J connectivity index is 2.20. The van der Waals surface area contributed by atoms with Gasteiger partial charge in [0.05, 0.1) is 11.9 Å². The third-order valence-corrected chi connectivity index (χ3v) is 3.64. The minimum atomic E-state index is -0.443. The van der Waals surface area contributed by atoms with Gasteiger partial charge in [-0.2, -0.15) is 5.26 Å². The van der Waals surface area contributed by atoms with Crippen molar-refractivity contribution in [2.75, 3.05) is 6.26 Å². The molecule has 0 bridgehead atoms. The monoisotopic (exact) mass is 310 g/mol. The maximum Gasteiger partial charge on any atom is 0.270 e. The van der Waals surface area contributed by atoms with Crippen molar-refractivity contribution >= 4 is 11.8 Å². The number of hydrogen-bond donors (Lipinski definition) is 1. The molecule has 0 saturated carbocycles. The van der Waals surface area contributed by atoms with E-state index < -0.39 is 5.56 Å². The molecule has 0 unspecified atom stereocenters. The molecule has 1 N–H and O–H groups in total. The molecule has 7 heteroatoms. The van der Waals surface area contributed by atoms with Crippen LogP contribution in [-0.2, 0) is 0 Å². The van der Waals surface area contributed by atoms with Crippen molar-refractivity contribution < 1.29 is 4.42 Å². The largest absolute Gasteiger partial charge is 0.444 e. The highest BCUT2D eigenvalue weighted by atomic mass is 32.2. The summed E-state index contributed by atoms with van der Waals surface area (Å²) in [6.45, 7) is 0. The molecule has 0 radical (unpaired) electrons. The maximum absolute atomic E-state index is 12.0. The van der Waals surface area contributed by atoms with Crippen LogP contribution in [0.3, 0.4) is 0 Å². The normalized spacial score (nSPS) is 10.4. The Hall–Kier alpha value is -2.85. The van der Waals surface area contributed by atoms with Crippen LogP contribution >= 0.6 is 11.8 Å². The number of thioether (sulfide) groups is 1. The van der Waals surface area contributed by atoms with Crippen molar-refractivity contribution in [1.82, 2.24) is 15.0 Å². The van der Waals surface area contributed by atoms with Crippen LogP contribution < -0.4 is 5.56 Å². The van der Waals surface area contributed by atoms with Gasteiger partial charge in [0, 0.05) is 11.1 Å². The maximum atomic E-state index is 12.0. The van der Waals surface area contributed by atoms with Crippen molar-refractivity contribution in [2.45, 2.75) is 5.16 Å². The number of H-pyrrole nitrogens is 1. The van der Waals surface area contributed by atoms with Crippen LogP contribution in [0.4, 0.5) is 0 Å². The molecule has 6 nitrogen and oxygen atoms in total. The fourth-order valence-corrected chi connectivity index (χ4v) is 2.42. The van der Waals surface area contributed by atoms with Crippen LogP contribution in [-0.4, -0.2) is 21.2 Å². The fraction of sp³-hybridized carbons (Fsp3) is 0.0667. The lowest BCUT2D eigenvalue weighted by atomic mass is 10.0. The summed E-state index contributed by atoms with van der Waals surface area (Å²) in [6.07, 6.45) is 4.75. The van der Waals surface area contributed by atoms with E-state index in [0.29, 0.717) is 22.2 Å². The molecule has 0 aliphatic rings. The van der Waals surface area contributed by atoms with E-state index in [4.69, 9.17) is 4.42 Å². The Morgan fingerprint density at radius 2 is 2.18 bits per heavy atom. The molecule has 2 heterocycles. The first kappa shape index (κ1) is 14.1. The van der Waals surface area contributed by atoms with Crippen molar-refractivity contribution in [2.24, 2.45) is 0 Å². The molecular weight excluding hydrogens is 300 g/mol. The highest BCUT2D eigenvalue weighted by Gasteiger charge is 2.14. The topological polar surface area (TPSA) is 95.6 Å². The van der Waals surface area contributed by atoms with Gasteiger partial charge >= 0.3 is 0 Å². The van der Waals surface area contributed by atoms with Crippen molar-refractivity contribution in [3.63, 3.8) is 0 Å². The lowest BCUT2D eigenvalue weighted by Gasteiger charge is -2.06. The fourth-order valence-electron chi connectivity index (χ4n) is 2.04. The molecule has 2 aromatic heterocycles. The number of aromatic nitrogens is 3. The third kappa shape index (κ3) is 2.52. The smallest absolute Gasteiger partial charge is 0.270 e. The van der Waals surface area contributed by atoms with Crippen LogP contribution in [0, 0.1) is 11.3 Å². The van der Waals surface area contributed by atoms with E-state index >= 15 is 0 Å². The molecule has 108 valence electrons. The molecule has 3 rings (SSSR count). The first-order valence-electron chi connectivity index (χ1n) is 6.30. The van der Waals surface area contributed by atoms with Crippen molar-refractivity contribution in [3.8, 4) is 28.7 Å². The second kappa shape index (κ2) is 5.87. The summed E-state index contributed by atoms with van der Waals surface area (Å²) in [6, 6.07) is 9.20. The van der Waals surface area contributed by atoms with Gasteiger partial charge in [0.2, 0.25) is 0 Å². The molecule has 0 saturated heterocycles. The van der Waals surface area contributed by atoms with Crippen LogP contribution in [0.15, 0.2) is 51.2 Å². The minimum Gasteiger partial charge on any atom is -0.444 e. The summed E-state index contributed by atoms with van der Waals surface area (Å²) in [5, 5.41) is 9.69. The average Bonchev–Trinajstić information content (AvgIpc) is 3.08. The zero-order valence-electron chi connectivity index (χ0n) is 11.5. The Morgan fingerprint density at radius 1 is 1.36 bits per heavy atom. The molecule has 0 aliphatic carbocycles. The number of nitrogens with one attached hydrogen (secondary N) is 1. The summed E-state index contributed by atoms with van der Waals surface area (Å²) in [7, 11) is 0.